The molecule has 1 heterocycles. The number of nitrogens with zero attached hydrogens (tertiary/aromatic N) is 1. The van der Waals surface area contributed by atoms with Gasteiger partial charge in [-0.05, 0) is 25.6 Å². The molecule has 82 valence electrons. The third-order valence-corrected chi connectivity index (χ3v) is 3.19. The summed E-state index contributed by atoms with van der Waals surface area (Å²) in [6.45, 7) is 11.3. The van der Waals surface area contributed by atoms with Crippen LogP contribution in [0.2, 0.25) is 0 Å². The smallest absolute Gasteiger partial charge is 0.169 e. The van der Waals surface area contributed by atoms with Crippen LogP contribution in [0.5, 0.6) is 0 Å². The summed E-state index contributed by atoms with van der Waals surface area (Å²) >= 11 is 5.32. The van der Waals surface area contributed by atoms with Gasteiger partial charge in [-0.15, -0.1) is 0 Å². The van der Waals surface area contributed by atoms with Gasteiger partial charge in [0.1, 0.15) is 0 Å². The van der Waals surface area contributed by atoms with Crippen LogP contribution in [0.4, 0.5) is 0 Å². The van der Waals surface area contributed by atoms with Crippen LogP contribution < -0.4 is 10.2 Å². The first-order chi connectivity index (χ1) is 6.77. The Kier molecular flexibility index (Phi) is 5.19. The molecular formula is C10H22N3S+. The van der Waals surface area contributed by atoms with E-state index in [0.717, 1.165) is 31.2 Å². The first-order valence-electron chi connectivity index (χ1n) is 5.64. The molecule has 0 bridgehead atoms. The summed E-state index contributed by atoms with van der Waals surface area (Å²) in [6.07, 6.45) is 1.14. The summed E-state index contributed by atoms with van der Waals surface area (Å²) in [5.41, 5.74) is 0. The maximum Gasteiger partial charge on any atom is 0.169 e. The highest BCUT2D eigenvalue weighted by Gasteiger charge is 2.19. The van der Waals surface area contributed by atoms with E-state index in [0.29, 0.717) is 0 Å². The summed E-state index contributed by atoms with van der Waals surface area (Å²) in [7, 11) is 0. The number of quaternary nitrogens is 1. The molecule has 1 aliphatic rings. The molecule has 0 amide bonds. The lowest BCUT2D eigenvalue weighted by Gasteiger charge is -2.33. The molecule has 14 heavy (non-hydrogen) atoms. The molecule has 0 aromatic carbocycles. The van der Waals surface area contributed by atoms with Crippen molar-refractivity contribution in [3.63, 3.8) is 0 Å². The molecular weight excluding hydrogens is 194 g/mol. The van der Waals surface area contributed by atoms with E-state index in [-0.39, 0.29) is 0 Å². The maximum absolute atomic E-state index is 5.32. The van der Waals surface area contributed by atoms with E-state index in [2.05, 4.69) is 24.1 Å². The molecule has 1 aliphatic heterocycles. The fourth-order valence-corrected chi connectivity index (χ4v) is 2.01. The van der Waals surface area contributed by atoms with Crippen LogP contribution in [0.1, 0.15) is 20.3 Å². The van der Waals surface area contributed by atoms with Crippen LogP contribution in [0, 0.1) is 0 Å². The summed E-state index contributed by atoms with van der Waals surface area (Å²) in [6, 6.07) is 0. The minimum Gasteiger partial charge on any atom is -0.363 e. The van der Waals surface area contributed by atoms with E-state index in [1.807, 2.05) is 0 Å². The number of piperazine rings is 1. The number of thiocarbonyl (C=S) groups is 1. The number of rotatable bonds is 3. The molecule has 0 aromatic rings. The van der Waals surface area contributed by atoms with Gasteiger partial charge in [0.2, 0.25) is 0 Å². The molecule has 0 aromatic heterocycles. The van der Waals surface area contributed by atoms with Gasteiger partial charge in [0.05, 0.1) is 32.7 Å². The lowest BCUT2D eigenvalue weighted by Crippen LogP contribution is -3.14. The summed E-state index contributed by atoms with van der Waals surface area (Å²) in [5, 5.41) is 4.23. The number of hydrogen-bond donors (Lipinski definition) is 2. The Balaban J connectivity index is 2.23. The van der Waals surface area contributed by atoms with E-state index in [1.54, 1.807) is 4.90 Å². The Morgan fingerprint density at radius 3 is 2.50 bits per heavy atom. The van der Waals surface area contributed by atoms with Crippen molar-refractivity contribution in [1.29, 1.82) is 0 Å². The molecule has 0 spiro atoms. The Bertz CT molecular complexity index is 176. The van der Waals surface area contributed by atoms with Crippen LogP contribution in [0.15, 0.2) is 0 Å². The second-order valence-electron chi connectivity index (χ2n) is 3.82. The maximum atomic E-state index is 5.32. The number of hydrogen-bond acceptors (Lipinski definition) is 1. The van der Waals surface area contributed by atoms with Crippen molar-refractivity contribution in [3.05, 3.63) is 0 Å². The molecule has 0 saturated carbocycles. The van der Waals surface area contributed by atoms with E-state index in [4.69, 9.17) is 12.2 Å². The fraction of sp³-hybridized carbons (Fsp3) is 0.900. The SMILES string of the molecule is CCCNC(=S)N1CC[NH+](CC)CC1. The lowest BCUT2D eigenvalue weighted by atomic mass is 10.3. The monoisotopic (exact) mass is 216 g/mol. The van der Waals surface area contributed by atoms with Crippen molar-refractivity contribution in [1.82, 2.24) is 10.2 Å². The standard InChI is InChI=1S/C10H21N3S/c1-3-5-11-10(14)13-8-6-12(4-2)7-9-13/h3-9H2,1-2H3,(H,11,14)/p+1. The zero-order valence-corrected chi connectivity index (χ0v) is 10.1. The molecule has 4 heteroatoms. The zero-order chi connectivity index (χ0) is 10.4. The van der Waals surface area contributed by atoms with E-state index in [9.17, 15) is 0 Å². The lowest BCUT2D eigenvalue weighted by molar-refractivity contribution is -0.902. The van der Waals surface area contributed by atoms with Gasteiger partial charge in [0.25, 0.3) is 0 Å². The predicted molar refractivity (Wildman–Crippen MR) is 63.7 cm³/mol. The van der Waals surface area contributed by atoms with E-state index >= 15 is 0 Å². The average molecular weight is 216 g/mol. The van der Waals surface area contributed by atoms with Crippen LogP contribution in [-0.2, 0) is 0 Å². The molecule has 0 aliphatic carbocycles. The highest BCUT2D eigenvalue weighted by molar-refractivity contribution is 7.80. The summed E-state index contributed by atoms with van der Waals surface area (Å²) in [5.74, 6) is 0. The third kappa shape index (κ3) is 3.42. The van der Waals surface area contributed by atoms with Crippen molar-refractivity contribution in [2.75, 3.05) is 39.3 Å². The Labute approximate surface area is 92.4 Å². The summed E-state index contributed by atoms with van der Waals surface area (Å²) in [4.78, 5) is 3.99. The molecule has 0 unspecified atom stereocenters. The minimum atomic E-state index is 0.946. The second-order valence-corrected chi connectivity index (χ2v) is 4.21. The van der Waals surface area contributed by atoms with Gasteiger partial charge in [-0.3, -0.25) is 0 Å². The van der Waals surface area contributed by atoms with Gasteiger partial charge in [-0.1, -0.05) is 6.92 Å². The minimum absolute atomic E-state index is 0.946. The van der Waals surface area contributed by atoms with Gasteiger partial charge in [0, 0.05) is 6.54 Å². The highest BCUT2D eigenvalue weighted by atomic mass is 32.1. The molecule has 2 N–H and O–H groups in total. The molecule has 1 saturated heterocycles. The first-order valence-corrected chi connectivity index (χ1v) is 6.05. The van der Waals surface area contributed by atoms with Gasteiger partial charge in [-0.2, -0.15) is 0 Å². The van der Waals surface area contributed by atoms with Crippen molar-refractivity contribution in [3.8, 4) is 0 Å². The molecule has 0 radical (unpaired) electrons. The van der Waals surface area contributed by atoms with Gasteiger partial charge in [0.15, 0.2) is 5.11 Å². The van der Waals surface area contributed by atoms with Crippen LogP contribution in [-0.4, -0.2) is 49.3 Å². The van der Waals surface area contributed by atoms with Crippen molar-refractivity contribution in [2.24, 2.45) is 0 Å². The molecule has 0 atom stereocenters. The van der Waals surface area contributed by atoms with E-state index in [1.165, 1.54) is 19.6 Å². The molecule has 1 rings (SSSR count). The van der Waals surface area contributed by atoms with Gasteiger partial charge < -0.3 is 15.1 Å². The van der Waals surface area contributed by atoms with Crippen LogP contribution in [0.3, 0.4) is 0 Å². The quantitative estimate of drug-likeness (QED) is 0.620. The van der Waals surface area contributed by atoms with Gasteiger partial charge in [-0.25, -0.2) is 0 Å². The molecule has 3 nitrogen and oxygen atoms in total. The largest absolute Gasteiger partial charge is 0.363 e. The topological polar surface area (TPSA) is 19.7 Å². The zero-order valence-electron chi connectivity index (χ0n) is 9.31. The fourth-order valence-electron chi connectivity index (χ4n) is 1.72. The normalized spacial score (nSPS) is 18.3. The van der Waals surface area contributed by atoms with Crippen LogP contribution >= 0.6 is 12.2 Å². The van der Waals surface area contributed by atoms with Crippen molar-refractivity contribution < 1.29 is 4.90 Å². The van der Waals surface area contributed by atoms with E-state index < -0.39 is 0 Å². The second kappa shape index (κ2) is 6.19. The average Bonchev–Trinajstić information content (AvgIpc) is 2.26. The first kappa shape index (κ1) is 11.7. The van der Waals surface area contributed by atoms with Crippen molar-refractivity contribution in [2.45, 2.75) is 20.3 Å². The number of likely N-dealkylation sites (N-methyl/N-ethyl adjacent to an activating group) is 1. The van der Waals surface area contributed by atoms with Crippen molar-refractivity contribution >= 4 is 17.3 Å². The summed E-state index contributed by atoms with van der Waals surface area (Å²) < 4.78 is 0. The van der Waals surface area contributed by atoms with Crippen LogP contribution in [0.25, 0.3) is 0 Å². The Morgan fingerprint density at radius 2 is 2.00 bits per heavy atom. The number of nitrogens with one attached hydrogen (secondary N) is 2. The Hall–Kier alpha value is -0.350. The van der Waals surface area contributed by atoms with Gasteiger partial charge >= 0.3 is 0 Å². The Morgan fingerprint density at radius 1 is 1.36 bits per heavy atom. The molecule has 1 fully saturated rings. The third-order valence-electron chi connectivity index (χ3n) is 2.78. The highest BCUT2D eigenvalue weighted by Crippen LogP contribution is 1.91. The predicted octanol–water partition coefficient (Wildman–Crippen LogP) is -0.509.